The summed E-state index contributed by atoms with van der Waals surface area (Å²) in [7, 11) is 0. The minimum atomic E-state index is -0.259. The van der Waals surface area contributed by atoms with Crippen LogP contribution in [-0.4, -0.2) is 43.1 Å². The fourth-order valence-corrected chi connectivity index (χ4v) is 4.10. The van der Waals surface area contributed by atoms with Crippen molar-refractivity contribution in [1.29, 1.82) is 0 Å². The average molecular weight is 529 g/mol. The molecular weight excluding hydrogens is 497 g/mol. The number of carbonyl (C=O) groups excluding carboxylic acids is 2. The second kappa shape index (κ2) is 15.1. The first kappa shape index (κ1) is 28.2. The molecule has 0 heterocycles. The maximum atomic E-state index is 12.2. The van der Waals surface area contributed by atoms with Gasteiger partial charge in [-0.1, -0.05) is 53.0 Å². The highest BCUT2D eigenvalue weighted by Gasteiger charge is 2.16. The van der Waals surface area contributed by atoms with E-state index in [2.05, 4.69) is 22.5 Å². The van der Waals surface area contributed by atoms with E-state index in [0.717, 1.165) is 30.6 Å². The minimum absolute atomic E-state index is 0.139. The van der Waals surface area contributed by atoms with Crippen LogP contribution in [0, 0.1) is 0 Å². The molecule has 2 rings (SSSR count). The van der Waals surface area contributed by atoms with Crippen LogP contribution in [0.3, 0.4) is 0 Å². The molecule has 2 N–H and O–H groups in total. The van der Waals surface area contributed by atoms with Gasteiger partial charge in [0.25, 0.3) is 0 Å². The minimum Gasteiger partial charge on any atom is -0.466 e. The number of amides is 2. The van der Waals surface area contributed by atoms with Crippen molar-refractivity contribution in [3.8, 4) is 0 Å². The van der Waals surface area contributed by atoms with Crippen LogP contribution in [0.1, 0.15) is 50.3 Å². The Morgan fingerprint density at radius 2 is 1.65 bits per heavy atom. The van der Waals surface area contributed by atoms with Gasteiger partial charge in [-0.15, -0.1) is 0 Å². The fraction of sp³-hybridized carbons (Fsp3) is 0.440. The third-order valence-corrected chi connectivity index (χ3v) is 6.23. The van der Waals surface area contributed by atoms with Crippen LogP contribution in [0.25, 0.3) is 0 Å². The second-order valence-corrected chi connectivity index (χ2v) is 9.15. The lowest BCUT2D eigenvalue weighted by Crippen LogP contribution is -2.37. The zero-order valence-corrected chi connectivity index (χ0v) is 21.8. The van der Waals surface area contributed by atoms with Gasteiger partial charge in [-0.25, -0.2) is 4.79 Å². The molecule has 0 aromatic heterocycles. The number of nitrogens with one attached hydrogen (secondary N) is 2. The third kappa shape index (κ3) is 10.1. The van der Waals surface area contributed by atoms with Gasteiger partial charge in [0.15, 0.2) is 0 Å². The van der Waals surface area contributed by atoms with Crippen LogP contribution in [0.15, 0.2) is 42.5 Å². The van der Waals surface area contributed by atoms with Crippen molar-refractivity contribution in [1.82, 2.24) is 15.5 Å². The SMILES string of the molecule is CCOC(=O)CCCN(CCCNC(=O)NCc1ccc(Cl)cc1Cl)C(C)c1ccc(Cl)cc1. The molecule has 6 nitrogen and oxygen atoms in total. The van der Waals surface area contributed by atoms with Gasteiger partial charge in [0, 0.05) is 47.2 Å². The first-order chi connectivity index (χ1) is 16.3. The Bertz CT molecular complexity index is 925. The van der Waals surface area contributed by atoms with E-state index in [1.54, 1.807) is 25.1 Å². The van der Waals surface area contributed by atoms with E-state index >= 15 is 0 Å². The van der Waals surface area contributed by atoms with Gasteiger partial charge in [0.1, 0.15) is 0 Å². The Balaban J connectivity index is 1.82. The molecule has 0 bridgehead atoms. The van der Waals surface area contributed by atoms with Crippen molar-refractivity contribution in [2.45, 2.75) is 45.7 Å². The zero-order chi connectivity index (χ0) is 24.9. The molecule has 34 heavy (non-hydrogen) atoms. The summed E-state index contributed by atoms with van der Waals surface area (Å²) < 4.78 is 5.03. The predicted molar refractivity (Wildman–Crippen MR) is 139 cm³/mol. The zero-order valence-electron chi connectivity index (χ0n) is 19.6. The molecule has 0 spiro atoms. The standard InChI is InChI=1S/C25H32Cl3N3O3/c1-3-34-24(32)6-4-14-31(18(2)19-7-10-21(26)11-8-19)15-5-13-29-25(33)30-17-20-9-12-22(27)16-23(20)28/h7-12,16,18H,3-6,13-15,17H2,1-2H3,(H2,29,30,33). The lowest BCUT2D eigenvalue weighted by Gasteiger charge is -2.29. The van der Waals surface area contributed by atoms with E-state index in [-0.39, 0.29) is 18.0 Å². The highest BCUT2D eigenvalue weighted by molar-refractivity contribution is 6.35. The summed E-state index contributed by atoms with van der Waals surface area (Å²) in [5, 5.41) is 7.45. The van der Waals surface area contributed by atoms with Crippen LogP contribution < -0.4 is 10.6 Å². The van der Waals surface area contributed by atoms with E-state index in [0.29, 0.717) is 47.6 Å². The third-order valence-electron chi connectivity index (χ3n) is 5.39. The summed E-state index contributed by atoms with van der Waals surface area (Å²) in [6.45, 7) is 6.66. The number of hydrogen-bond donors (Lipinski definition) is 2. The smallest absolute Gasteiger partial charge is 0.315 e. The summed E-state index contributed by atoms with van der Waals surface area (Å²) in [6, 6.07) is 12.8. The highest BCUT2D eigenvalue weighted by atomic mass is 35.5. The second-order valence-electron chi connectivity index (χ2n) is 7.87. The molecule has 0 radical (unpaired) electrons. The molecule has 0 aliphatic rings. The van der Waals surface area contributed by atoms with Crippen LogP contribution >= 0.6 is 34.8 Å². The molecule has 1 unspecified atom stereocenters. The average Bonchev–Trinajstić information content (AvgIpc) is 2.80. The molecule has 1 atom stereocenters. The first-order valence-corrected chi connectivity index (χ1v) is 12.5. The van der Waals surface area contributed by atoms with Crippen LogP contribution in [0.4, 0.5) is 4.79 Å². The lowest BCUT2D eigenvalue weighted by molar-refractivity contribution is -0.143. The monoisotopic (exact) mass is 527 g/mol. The van der Waals surface area contributed by atoms with E-state index in [1.165, 1.54) is 0 Å². The maximum Gasteiger partial charge on any atom is 0.315 e. The molecule has 0 aliphatic carbocycles. The van der Waals surface area contributed by atoms with Crippen molar-refractivity contribution in [2.75, 3.05) is 26.2 Å². The number of urea groups is 1. The molecular formula is C25H32Cl3N3O3. The van der Waals surface area contributed by atoms with Crippen LogP contribution in [-0.2, 0) is 16.1 Å². The number of halogens is 3. The number of esters is 1. The van der Waals surface area contributed by atoms with Gasteiger partial charge in [0.2, 0.25) is 0 Å². The Hall–Kier alpha value is -1.99. The molecule has 186 valence electrons. The molecule has 0 saturated heterocycles. The van der Waals surface area contributed by atoms with E-state index in [9.17, 15) is 9.59 Å². The van der Waals surface area contributed by atoms with Crippen molar-refractivity contribution in [2.24, 2.45) is 0 Å². The summed E-state index contributed by atoms with van der Waals surface area (Å²) in [5.41, 5.74) is 1.94. The van der Waals surface area contributed by atoms with Crippen molar-refractivity contribution >= 4 is 46.8 Å². The van der Waals surface area contributed by atoms with E-state index in [1.807, 2.05) is 24.3 Å². The number of hydrogen-bond acceptors (Lipinski definition) is 4. The largest absolute Gasteiger partial charge is 0.466 e. The van der Waals surface area contributed by atoms with Gasteiger partial charge < -0.3 is 15.4 Å². The van der Waals surface area contributed by atoms with Gasteiger partial charge in [-0.3, -0.25) is 9.69 Å². The Labute approximate surface area is 216 Å². The Morgan fingerprint density at radius 1 is 0.971 bits per heavy atom. The number of benzene rings is 2. The van der Waals surface area contributed by atoms with E-state index in [4.69, 9.17) is 39.5 Å². The molecule has 2 amide bonds. The number of rotatable bonds is 13. The van der Waals surface area contributed by atoms with Crippen molar-refractivity contribution < 1.29 is 14.3 Å². The van der Waals surface area contributed by atoms with Crippen molar-refractivity contribution in [3.05, 3.63) is 68.7 Å². The quantitative estimate of drug-likeness (QED) is 0.238. The molecule has 0 fully saturated rings. The maximum absolute atomic E-state index is 12.2. The summed E-state index contributed by atoms with van der Waals surface area (Å²) in [6.07, 6.45) is 1.84. The van der Waals surface area contributed by atoms with Crippen LogP contribution in [0.2, 0.25) is 15.1 Å². The number of carbonyl (C=O) groups is 2. The van der Waals surface area contributed by atoms with Gasteiger partial charge >= 0.3 is 12.0 Å². The van der Waals surface area contributed by atoms with Gasteiger partial charge in [-0.2, -0.15) is 0 Å². The van der Waals surface area contributed by atoms with Gasteiger partial charge in [-0.05, 0) is 68.6 Å². The van der Waals surface area contributed by atoms with Gasteiger partial charge in [0.05, 0.1) is 6.61 Å². The number of nitrogens with zero attached hydrogens (tertiary/aromatic N) is 1. The summed E-state index contributed by atoms with van der Waals surface area (Å²) in [4.78, 5) is 26.2. The summed E-state index contributed by atoms with van der Waals surface area (Å²) in [5.74, 6) is -0.180. The lowest BCUT2D eigenvalue weighted by atomic mass is 10.1. The van der Waals surface area contributed by atoms with Crippen molar-refractivity contribution in [3.63, 3.8) is 0 Å². The highest BCUT2D eigenvalue weighted by Crippen LogP contribution is 2.23. The molecule has 0 aliphatic heterocycles. The number of ether oxygens (including phenoxy) is 1. The first-order valence-electron chi connectivity index (χ1n) is 11.4. The normalized spacial score (nSPS) is 11.8. The molecule has 0 saturated carbocycles. The Morgan fingerprint density at radius 3 is 2.32 bits per heavy atom. The van der Waals surface area contributed by atoms with E-state index < -0.39 is 0 Å². The summed E-state index contributed by atoms with van der Waals surface area (Å²) >= 11 is 18.1. The topological polar surface area (TPSA) is 70.7 Å². The van der Waals surface area contributed by atoms with Crippen LogP contribution in [0.5, 0.6) is 0 Å². The molecule has 2 aromatic rings. The predicted octanol–water partition coefficient (Wildman–Crippen LogP) is 6.24. The Kier molecular flexibility index (Phi) is 12.5. The fourth-order valence-electron chi connectivity index (χ4n) is 3.50. The molecule has 2 aromatic carbocycles. The molecule has 9 heteroatoms.